The van der Waals surface area contributed by atoms with Crippen molar-refractivity contribution in [2.75, 3.05) is 7.11 Å². The van der Waals surface area contributed by atoms with E-state index in [9.17, 15) is 0 Å². The molecule has 0 atom stereocenters. The highest BCUT2D eigenvalue weighted by Crippen LogP contribution is 2.30. The highest BCUT2D eigenvalue weighted by Gasteiger charge is 2.01. The molecule has 0 amide bonds. The largest absolute Gasteiger partial charge is 0.447 e. The summed E-state index contributed by atoms with van der Waals surface area (Å²) in [5, 5.41) is 8.05. The van der Waals surface area contributed by atoms with Gasteiger partial charge in [-0.1, -0.05) is 31.0 Å². The molecule has 0 aliphatic carbocycles. The predicted molar refractivity (Wildman–Crippen MR) is 79.2 cm³/mol. The van der Waals surface area contributed by atoms with Gasteiger partial charge in [-0.15, -0.1) is 11.3 Å². The smallest absolute Gasteiger partial charge is 0.181 e. The fraction of sp³-hybridized carbons (Fsp3) is 0.333. The van der Waals surface area contributed by atoms with E-state index in [1.807, 2.05) is 12.1 Å². The third kappa shape index (κ3) is 5.87. The molecule has 0 radical (unpaired) electrons. The molecule has 0 bridgehead atoms. The zero-order valence-corrected chi connectivity index (χ0v) is 12.4. The Bertz CT molecular complexity index is 462. The van der Waals surface area contributed by atoms with E-state index in [2.05, 4.69) is 43.0 Å². The minimum Gasteiger partial charge on any atom is -0.447 e. The van der Waals surface area contributed by atoms with E-state index in [-0.39, 0.29) is 0 Å². The summed E-state index contributed by atoms with van der Waals surface area (Å²) in [6.07, 6.45) is 2.33. The maximum absolute atomic E-state index is 7.07. The third-order valence-corrected chi connectivity index (χ3v) is 3.40. The molecular weight excluding hydrogens is 260 g/mol. The molecule has 2 rings (SSSR count). The maximum atomic E-state index is 7.07. The SMILES string of the molecule is CCCc1ccc(Oc2ccc(C)cc2)s1.COO. The number of benzene rings is 1. The van der Waals surface area contributed by atoms with E-state index in [4.69, 9.17) is 9.99 Å². The molecule has 4 heteroatoms. The second kappa shape index (κ2) is 8.69. The van der Waals surface area contributed by atoms with Crippen LogP contribution in [0.1, 0.15) is 23.8 Å². The second-order valence-electron chi connectivity index (χ2n) is 4.07. The van der Waals surface area contributed by atoms with Gasteiger partial charge in [-0.2, -0.15) is 0 Å². The molecule has 19 heavy (non-hydrogen) atoms. The fourth-order valence-corrected chi connectivity index (χ4v) is 2.49. The lowest BCUT2D eigenvalue weighted by Crippen LogP contribution is -1.80. The molecule has 0 spiro atoms. The first-order valence-corrected chi connectivity index (χ1v) is 7.02. The summed E-state index contributed by atoms with van der Waals surface area (Å²) >= 11 is 1.73. The lowest BCUT2D eigenvalue weighted by atomic mass is 10.2. The van der Waals surface area contributed by atoms with Crippen molar-refractivity contribution in [1.82, 2.24) is 0 Å². The molecule has 0 unspecified atom stereocenters. The molecule has 1 N–H and O–H groups in total. The van der Waals surface area contributed by atoms with Crippen molar-refractivity contribution in [2.24, 2.45) is 0 Å². The highest BCUT2D eigenvalue weighted by molar-refractivity contribution is 7.13. The molecule has 0 aliphatic rings. The number of thiophene rings is 1. The number of hydrogen-bond donors (Lipinski definition) is 1. The Morgan fingerprint density at radius 3 is 2.32 bits per heavy atom. The molecule has 0 fully saturated rings. The Labute approximate surface area is 118 Å². The van der Waals surface area contributed by atoms with Gasteiger partial charge in [-0.05, 0) is 37.6 Å². The van der Waals surface area contributed by atoms with Gasteiger partial charge in [0.1, 0.15) is 5.75 Å². The van der Waals surface area contributed by atoms with Gasteiger partial charge in [-0.25, -0.2) is 4.89 Å². The third-order valence-electron chi connectivity index (χ3n) is 2.37. The van der Waals surface area contributed by atoms with Crippen LogP contribution in [0.15, 0.2) is 36.4 Å². The lowest BCUT2D eigenvalue weighted by Gasteiger charge is -2.02. The summed E-state index contributed by atoms with van der Waals surface area (Å²) in [6.45, 7) is 4.27. The Morgan fingerprint density at radius 2 is 1.74 bits per heavy atom. The molecule has 0 aliphatic heterocycles. The molecule has 1 heterocycles. The lowest BCUT2D eigenvalue weighted by molar-refractivity contribution is -0.214. The average Bonchev–Trinajstić information content (AvgIpc) is 2.81. The number of aryl methyl sites for hydroxylation is 2. The predicted octanol–water partition coefficient (Wildman–Crippen LogP) is 4.91. The first-order chi connectivity index (χ1) is 9.19. The van der Waals surface area contributed by atoms with Crippen LogP contribution in [-0.4, -0.2) is 12.4 Å². The first kappa shape index (κ1) is 15.7. The van der Waals surface area contributed by atoms with Crippen LogP contribution in [-0.2, 0) is 11.3 Å². The van der Waals surface area contributed by atoms with Crippen molar-refractivity contribution in [1.29, 1.82) is 0 Å². The zero-order valence-electron chi connectivity index (χ0n) is 11.6. The van der Waals surface area contributed by atoms with Crippen molar-refractivity contribution >= 4 is 11.3 Å². The monoisotopic (exact) mass is 280 g/mol. The van der Waals surface area contributed by atoms with E-state index in [0.717, 1.165) is 17.2 Å². The standard InChI is InChI=1S/C14H16OS.CH4O2/c1-3-4-13-9-10-14(16-13)15-12-7-5-11(2)6-8-12;1-3-2/h5-10H,3-4H2,1-2H3;2H,1H3. The summed E-state index contributed by atoms with van der Waals surface area (Å²) in [7, 11) is 1.18. The van der Waals surface area contributed by atoms with Crippen molar-refractivity contribution in [2.45, 2.75) is 26.7 Å². The van der Waals surface area contributed by atoms with Gasteiger partial charge >= 0.3 is 0 Å². The fourth-order valence-electron chi connectivity index (χ4n) is 1.52. The minimum absolute atomic E-state index is 0.912. The number of ether oxygens (including phenoxy) is 1. The van der Waals surface area contributed by atoms with Gasteiger partial charge in [0.05, 0.1) is 7.11 Å². The summed E-state index contributed by atoms with van der Waals surface area (Å²) in [4.78, 5) is 4.64. The molecule has 2 aromatic rings. The second-order valence-corrected chi connectivity index (χ2v) is 5.20. The van der Waals surface area contributed by atoms with Crippen molar-refractivity contribution in [3.05, 3.63) is 46.8 Å². The molecule has 104 valence electrons. The van der Waals surface area contributed by atoms with Gasteiger partial charge in [0.25, 0.3) is 0 Å². The Balaban J connectivity index is 0.000000550. The summed E-state index contributed by atoms with van der Waals surface area (Å²) < 4.78 is 5.78. The van der Waals surface area contributed by atoms with Crippen molar-refractivity contribution in [3.63, 3.8) is 0 Å². The van der Waals surface area contributed by atoms with Crippen LogP contribution in [0.5, 0.6) is 10.8 Å². The van der Waals surface area contributed by atoms with E-state index in [0.29, 0.717) is 0 Å². The van der Waals surface area contributed by atoms with Crippen LogP contribution in [0.2, 0.25) is 0 Å². The molecule has 0 saturated heterocycles. The minimum atomic E-state index is 0.912. The summed E-state index contributed by atoms with van der Waals surface area (Å²) in [6, 6.07) is 12.3. The van der Waals surface area contributed by atoms with Gasteiger partial charge < -0.3 is 4.74 Å². The summed E-state index contributed by atoms with van der Waals surface area (Å²) in [5.41, 5.74) is 1.25. The Kier molecular flexibility index (Phi) is 7.18. The van der Waals surface area contributed by atoms with Crippen LogP contribution in [0, 0.1) is 6.92 Å². The molecule has 3 nitrogen and oxygen atoms in total. The van der Waals surface area contributed by atoms with Gasteiger partial charge in [0, 0.05) is 4.88 Å². The van der Waals surface area contributed by atoms with Gasteiger partial charge in [0.15, 0.2) is 5.06 Å². The Hall–Kier alpha value is -1.36. The van der Waals surface area contributed by atoms with Crippen LogP contribution in [0.3, 0.4) is 0 Å². The van der Waals surface area contributed by atoms with Gasteiger partial charge in [0.2, 0.25) is 0 Å². The maximum Gasteiger partial charge on any atom is 0.181 e. The normalized spacial score (nSPS) is 9.68. The topological polar surface area (TPSA) is 38.7 Å². The first-order valence-electron chi connectivity index (χ1n) is 6.20. The van der Waals surface area contributed by atoms with Crippen molar-refractivity contribution in [3.8, 4) is 10.8 Å². The molecule has 1 aromatic carbocycles. The molecule has 0 saturated carbocycles. The number of hydrogen-bond acceptors (Lipinski definition) is 4. The summed E-state index contributed by atoms with van der Waals surface area (Å²) in [5.74, 6) is 0.912. The van der Waals surface area contributed by atoms with E-state index in [1.54, 1.807) is 11.3 Å². The van der Waals surface area contributed by atoms with Gasteiger partial charge in [-0.3, -0.25) is 5.26 Å². The molecule has 1 aromatic heterocycles. The highest BCUT2D eigenvalue weighted by atomic mass is 32.1. The van der Waals surface area contributed by atoms with Crippen LogP contribution >= 0.6 is 11.3 Å². The van der Waals surface area contributed by atoms with E-state index < -0.39 is 0 Å². The van der Waals surface area contributed by atoms with Crippen molar-refractivity contribution < 1.29 is 14.9 Å². The Morgan fingerprint density at radius 1 is 1.11 bits per heavy atom. The van der Waals surface area contributed by atoms with Crippen LogP contribution < -0.4 is 4.74 Å². The van der Waals surface area contributed by atoms with Crippen LogP contribution in [0.4, 0.5) is 0 Å². The van der Waals surface area contributed by atoms with E-state index >= 15 is 0 Å². The average molecular weight is 280 g/mol. The van der Waals surface area contributed by atoms with E-state index in [1.165, 1.54) is 24.0 Å². The molecular formula is C15H20O3S. The quantitative estimate of drug-likeness (QED) is 0.639. The number of rotatable bonds is 4. The van der Waals surface area contributed by atoms with Crippen LogP contribution in [0.25, 0.3) is 0 Å². The zero-order chi connectivity index (χ0) is 14.1.